The van der Waals surface area contributed by atoms with Crippen molar-refractivity contribution in [2.24, 2.45) is 17.2 Å². The smallest absolute Gasteiger partial charge is 0.305 e. The van der Waals surface area contributed by atoms with Crippen LogP contribution in [0.5, 0.6) is 5.75 Å². The number of aliphatic hydroxyl groups excluding tert-OH is 1. The molecular formula is C32H42I2N10O13S2. The number of aliphatic hydroxyl groups is 1. The van der Waals surface area contributed by atoms with Gasteiger partial charge in [-0.05, 0) is 62.9 Å². The molecule has 0 spiro atoms. The Morgan fingerprint density at radius 1 is 0.780 bits per heavy atom. The van der Waals surface area contributed by atoms with Crippen LogP contribution in [0.4, 0.5) is 0 Å². The number of nitrogens with two attached hydrogens (primary N) is 3. The van der Waals surface area contributed by atoms with Crippen molar-refractivity contribution in [2.75, 3.05) is 31.1 Å². The highest BCUT2D eigenvalue weighted by Crippen LogP contribution is 2.28. The molecule has 0 unspecified atom stereocenters. The molecule has 0 radical (unpaired) electrons. The first kappa shape index (κ1) is 49.2. The van der Waals surface area contributed by atoms with Crippen molar-refractivity contribution in [1.82, 2.24) is 36.8 Å². The number of rotatable bonds is 7. The number of aromatic hydroxyl groups is 1. The SMILES string of the molecule is NC(=O)C[C@@H]1NC(=O)[C@@H]2C[C@@H](O)CN2C(=O)CNC(=O)[C@H](Cc2cc(I)c(O)c(I)c2)NC(=O)CNC(=O)[C@@H](CC(=O)O)NC(=O)[C@H](N)CSSC[C@H](C(N)=O)NC1=O. The number of carboxylic acid groups (broad SMARTS) is 1. The molecule has 23 nitrogen and oxygen atoms in total. The molecule has 15 N–H and O–H groups in total. The second kappa shape index (κ2) is 23.0. The molecule has 0 saturated carbocycles. The third-order valence-corrected chi connectivity index (χ3v) is 12.6. The number of benzene rings is 1. The van der Waals surface area contributed by atoms with Crippen LogP contribution in [-0.4, -0.2) is 153 Å². The molecule has 1 aromatic carbocycles. The summed E-state index contributed by atoms with van der Waals surface area (Å²) in [6.45, 7) is -1.92. The number of fused-ring (bicyclic) bond motifs is 1. The molecule has 2 aliphatic heterocycles. The highest BCUT2D eigenvalue weighted by molar-refractivity contribution is 14.1. The maximum absolute atomic E-state index is 13.6. The Bertz CT molecular complexity index is 1820. The fraction of sp³-hybridized carbons (Fsp3) is 0.500. The van der Waals surface area contributed by atoms with Crippen LogP contribution in [-0.2, 0) is 54.4 Å². The average molecular weight is 1090 g/mol. The van der Waals surface area contributed by atoms with Gasteiger partial charge in [0.25, 0.3) is 0 Å². The van der Waals surface area contributed by atoms with Crippen LogP contribution in [0.25, 0.3) is 0 Å². The fourth-order valence-corrected chi connectivity index (χ4v) is 9.76. The maximum Gasteiger partial charge on any atom is 0.305 e. The van der Waals surface area contributed by atoms with Crippen molar-refractivity contribution in [3.05, 3.63) is 24.8 Å². The van der Waals surface area contributed by atoms with Crippen LogP contribution in [0.1, 0.15) is 24.8 Å². The van der Waals surface area contributed by atoms with Gasteiger partial charge in [-0.2, -0.15) is 0 Å². The Kier molecular flexibility index (Phi) is 19.1. The summed E-state index contributed by atoms with van der Waals surface area (Å²) in [7, 11) is 1.88. The lowest BCUT2D eigenvalue weighted by atomic mass is 10.0. The lowest BCUT2D eigenvalue weighted by Gasteiger charge is -2.27. The number of hydrogen-bond donors (Lipinski definition) is 12. The van der Waals surface area contributed by atoms with E-state index in [4.69, 9.17) is 17.2 Å². The van der Waals surface area contributed by atoms with Gasteiger partial charge in [0.1, 0.15) is 36.0 Å². The van der Waals surface area contributed by atoms with E-state index in [0.717, 1.165) is 26.5 Å². The van der Waals surface area contributed by atoms with E-state index in [1.165, 1.54) is 12.1 Å². The highest BCUT2D eigenvalue weighted by atomic mass is 127. The zero-order chi connectivity index (χ0) is 44.1. The van der Waals surface area contributed by atoms with Gasteiger partial charge < -0.3 is 69.3 Å². The van der Waals surface area contributed by atoms with E-state index >= 15 is 0 Å². The zero-order valence-corrected chi connectivity index (χ0v) is 36.7. The Balaban J connectivity index is 1.95. The molecule has 2 aliphatic rings. The standard InChI is InChI=1S/C32H42I2N10O13S2/c33-14-1-12(2-15(34)26(14)51)3-17-29(54)39-8-24(48)44-9-13(45)4-21(44)32(57)42-18(5-22(36)46)31(56)43-20(27(37)52)11-59-58-10-16(35)28(53)41-19(6-25(49)50)30(55)38-7-23(47)40-17/h1-2,13,16-21,45,51H,3-11,35H2,(H2,36,46)(H2,37,52)(H,38,55)(H,39,54)(H,40,47)(H,41,53)(H,42,57)(H,43,56)(H,49,50)/t13-,16-,17+,18+,19-,20-,21+/m1/s1. The first-order valence-corrected chi connectivity index (χ1v) is 22.0. The van der Waals surface area contributed by atoms with Gasteiger partial charge in [-0.3, -0.25) is 47.9 Å². The van der Waals surface area contributed by atoms with Crippen molar-refractivity contribution in [2.45, 2.75) is 68.0 Å². The number of phenols is 1. The molecule has 59 heavy (non-hydrogen) atoms. The van der Waals surface area contributed by atoms with Crippen LogP contribution in [0.2, 0.25) is 0 Å². The zero-order valence-electron chi connectivity index (χ0n) is 30.7. The fourth-order valence-electron chi connectivity index (χ4n) is 5.56. The minimum Gasteiger partial charge on any atom is -0.506 e. The van der Waals surface area contributed by atoms with Gasteiger partial charge in [0.2, 0.25) is 53.2 Å². The summed E-state index contributed by atoms with van der Waals surface area (Å²) in [5, 5.41) is 43.9. The predicted molar refractivity (Wildman–Crippen MR) is 225 cm³/mol. The van der Waals surface area contributed by atoms with E-state index in [2.05, 4.69) is 31.9 Å². The maximum atomic E-state index is 13.6. The van der Waals surface area contributed by atoms with Crippen LogP contribution in [0.15, 0.2) is 12.1 Å². The summed E-state index contributed by atoms with van der Waals surface area (Å²) < 4.78 is 0.830. The molecule has 324 valence electrons. The van der Waals surface area contributed by atoms with Crippen LogP contribution < -0.4 is 49.1 Å². The predicted octanol–water partition coefficient (Wildman–Crippen LogP) is -5.17. The summed E-state index contributed by atoms with van der Waals surface area (Å²) in [6.07, 6.45) is -3.37. The number of nitrogens with one attached hydrogen (secondary N) is 6. The molecule has 0 aliphatic carbocycles. The molecule has 1 aromatic rings. The quantitative estimate of drug-likeness (QED) is 0.0897. The normalized spacial score (nSPS) is 26.3. The van der Waals surface area contributed by atoms with E-state index in [9.17, 15) is 63.3 Å². The number of halogens is 2. The Labute approximate surface area is 370 Å². The third-order valence-electron chi connectivity index (χ3n) is 8.52. The largest absolute Gasteiger partial charge is 0.506 e. The summed E-state index contributed by atoms with van der Waals surface area (Å²) in [5.41, 5.74) is 17.2. The molecule has 2 heterocycles. The van der Waals surface area contributed by atoms with Crippen molar-refractivity contribution in [3.8, 4) is 5.75 Å². The molecule has 2 fully saturated rings. The van der Waals surface area contributed by atoms with Crippen molar-refractivity contribution < 1.29 is 63.3 Å². The number of phenolic OH excluding ortho intramolecular Hbond substituents is 1. The summed E-state index contributed by atoms with van der Waals surface area (Å²) in [6, 6.07) is -5.84. The van der Waals surface area contributed by atoms with Gasteiger partial charge in [-0.25, -0.2) is 0 Å². The van der Waals surface area contributed by atoms with E-state index in [1.807, 2.05) is 45.2 Å². The molecule has 9 amide bonds. The van der Waals surface area contributed by atoms with Crippen molar-refractivity contribution >= 4 is 126 Å². The van der Waals surface area contributed by atoms with Crippen LogP contribution >= 0.6 is 66.8 Å². The Morgan fingerprint density at radius 3 is 1.97 bits per heavy atom. The topological polar surface area (TPSA) is 385 Å². The van der Waals surface area contributed by atoms with E-state index in [0.29, 0.717) is 12.7 Å². The summed E-state index contributed by atoms with van der Waals surface area (Å²) >= 11 is 3.72. The van der Waals surface area contributed by atoms with Crippen LogP contribution in [0.3, 0.4) is 0 Å². The second-order valence-corrected chi connectivity index (χ2v) is 18.0. The molecule has 0 aromatic heterocycles. The number of carbonyl (C=O) groups excluding carboxylic acids is 9. The van der Waals surface area contributed by atoms with Crippen LogP contribution in [0, 0.1) is 7.14 Å². The van der Waals surface area contributed by atoms with Gasteiger partial charge in [-0.1, -0.05) is 21.6 Å². The summed E-state index contributed by atoms with van der Waals surface area (Å²) in [5.74, 6) is -10.7. The van der Waals surface area contributed by atoms with Crippen molar-refractivity contribution in [1.29, 1.82) is 0 Å². The van der Waals surface area contributed by atoms with E-state index in [-0.39, 0.29) is 36.6 Å². The number of hydrogen-bond acceptors (Lipinski definition) is 15. The number of primary amides is 2. The number of amides is 9. The first-order chi connectivity index (χ1) is 27.7. The number of aliphatic carboxylic acids is 1. The van der Waals surface area contributed by atoms with E-state index in [1.54, 1.807) is 0 Å². The Morgan fingerprint density at radius 2 is 1.36 bits per heavy atom. The first-order valence-electron chi connectivity index (χ1n) is 17.4. The molecular weight excluding hydrogens is 1050 g/mol. The van der Waals surface area contributed by atoms with Gasteiger partial charge >= 0.3 is 5.97 Å². The van der Waals surface area contributed by atoms with Gasteiger partial charge in [0.05, 0.1) is 45.2 Å². The monoisotopic (exact) mass is 1090 g/mol. The van der Waals surface area contributed by atoms with Gasteiger partial charge in [-0.15, -0.1) is 0 Å². The van der Waals surface area contributed by atoms with Gasteiger partial charge in [0, 0.05) is 30.9 Å². The third kappa shape index (κ3) is 15.4. The molecule has 7 atom stereocenters. The number of carboxylic acids is 1. The summed E-state index contributed by atoms with van der Waals surface area (Å²) in [4.78, 5) is 129. The lowest BCUT2D eigenvalue weighted by molar-refractivity contribution is -0.141. The number of carbonyl (C=O) groups is 10. The molecule has 3 rings (SSSR count). The Hall–Kier alpha value is -4.20. The molecule has 0 bridgehead atoms. The van der Waals surface area contributed by atoms with Crippen molar-refractivity contribution in [3.63, 3.8) is 0 Å². The minimum atomic E-state index is -1.70. The van der Waals surface area contributed by atoms with E-state index < -0.39 is 127 Å². The highest BCUT2D eigenvalue weighted by Gasteiger charge is 2.41. The van der Waals surface area contributed by atoms with Gasteiger partial charge in [0.15, 0.2) is 0 Å². The second-order valence-electron chi connectivity index (χ2n) is 13.1. The molecule has 2 saturated heterocycles. The lowest BCUT2D eigenvalue weighted by Crippen LogP contribution is -2.58. The average Bonchev–Trinajstić information content (AvgIpc) is 3.55. The number of nitrogens with zero attached hydrogens (tertiary/aromatic N) is 1. The minimum absolute atomic E-state index is 0.0269. The molecule has 27 heteroatoms.